The number of carboxylic acids is 1. The van der Waals surface area contributed by atoms with Crippen molar-refractivity contribution in [3.05, 3.63) is 77.8 Å². The number of nitrogens with one attached hydrogen (secondary N) is 1. The third-order valence-electron chi connectivity index (χ3n) is 3.78. The van der Waals surface area contributed by atoms with Crippen LogP contribution in [0.3, 0.4) is 0 Å². The number of benzene rings is 2. The Labute approximate surface area is 145 Å². The van der Waals surface area contributed by atoms with E-state index < -0.39 is 5.97 Å². The van der Waals surface area contributed by atoms with Crippen molar-refractivity contribution in [2.75, 3.05) is 7.11 Å². The standard InChI is InChI=1S/C20H18N2O3/c1-25-17-4-2-3-16(12-17)18-13-21-19(22-18)11-15-7-5-14(6-8-15)9-10-20(23)24/h2-10,12-13H,11H2,1H3,(H,21,22)(H,23,24)/b10-9+. The average molecular weight is 334 g/mol. The Hall–Kier alpha value is -3.34. The van der Waals surface area contributed by atoms with Crippen LogP contribution in [0.4, 0.5) is 0 Å². The van der Waals surface area contributed by atoms with E-state index in [0.29, 0.717) is 6.42 Å². The first-order valence-corrected chi connectivity index (χ1v) is 7.82. The number of aromatic nitrogens is 2. The highest BCUT2D eigenvalue weighted by atomic mass is 16.5. The molecule has 3 aromatic rings. The molecule has 0 radical (unpaired) electrons. The van der Waals surface area contributed by atoms with Gasteiger partial charge in [-0.1, -0.05) is 36.4 Å². The summed E-state index contributed by atoms with van der Waals surface area (Å²) in [5, 5.41) is 8.65. The van der Waals surface area contributed by atoms with E-state index in [2.05, 4.69) is 9.97 Å². The van der Waals surface area contributed by atoms with Gasteiger partial charge in [0.15, 0.2) is 0 Å². The third-order valence-corrected chi connectivity index (χ3v) is 3.78. The number of methoxy groups -OCH3 is 1. The van der Waals surface area contributed by atoms with Crippen LogP contribution in [-0.2, 0) is 11.2 Å². The zero-order valence-electron chi connectivity index (χ0n) is 13.8. The van der Waals surface area contributed by atoms with Crippen LogP contribution in [0.1, 0.15) is 17.0 Å². The van der Waals surface area contributed by atoms with E-state index in [9.17, 15) is 4.79 Å². The van der Waals surface area contributed by atoms with E-state index in [1.54, 1.807) is 13.2 Å². The van der Waals surface area contributed by atoms with Crippen molar-refractivity contribution < 1.29 is 14.6 Å². The van der Waals surface area contributed by atoms with Crippen molar-refractivity contribution in [3.63, 3.8) is 0 Å². The van der Waals surface area contributed by atoms with Crippen LogP contribution in [0, 0.1) is 0 Å². The molecule has 0 aliphatic heterocycles. The topological polar surface area (TPSA) is 75.2 Å². The normalized spacial score (nSPS) is 10.9. The third kappa shape index (κ3) is 4.35. The van der Waals surface area contributed by atoms with Gasteiger partial charge in [-0.2, -0.15) is 0 Å². The fourth-order valence-electron chi connectivity index (χ4n) is 2.50. The van der Waals surface area contributed by atoms with Crippen molar-refractivity contribution in [2.45, 2.75) is 6.42 Å². The Bertz CT molecular complexity index is 895. The maximum Gasteiger partial charge on any atom is 0.328 e. The second-order valence-corrected chi connectivity index (χ2v) is 5.57. The number of hydrogen-bond donors (Lipinski definition) is 2. The van der Waals surface area contributed by atoms with Crippen molar-refractivity contribution in [3.8, 4) is 17.0 Å². The summed E-state index contributed by atoms with van der Waals surface area (Å²) in [5.41, 5.74) is 3.91. The van der Waals surface area contributed by atoms with Crippen molar-refractivity contribution >= 4 is 12.0 Å². The first kappa shape index (κ1) is 16.5. The second-order valence-electron chi connectivity index (χ2n) is 5.57. The maximum absolute atomic E-state index is 10.5. The molecule has 0 unspecified atom stereocenters. The fourth-order valence-corrected chi connectivity index (χ4v) is 2.50. The predicted octanol–water partition coefficient (Wildman–Crippen LogP) is 3.77. The fraction of sp³-hybridized carbons (Fsp3) is 0.100. The summed E-state index contributed by atoms with van der Waals surface area (Å²) in [6.45, 7) is 0. The van der Waals surface area contributed by atoms with Crippen LogP contribution < -0.4 is 4.74 Å². The quantitative estimate of drug-likeness (QED) is 0.673. The van der Waals surface area contributed by atoms with E-state index in [1.165, 1.54) is 0 Å². The van der Waals surface area contributed by atoms with Gasteiger partial charge in [-0.05, 0) is 29.3 Å². The van der Waals surface area contributed by atoms with Crippen LogP contribution in [-0.4, -0.2) is 28.2 Å². The van der Waals surface area contributed by atoms with Gasteiger partial charge >= 0.3 is 5.97 Å². The number of carboxylic acid groups (broad SMARTS) is 1. The summed E-state index contributed by atoms with van der Waals surface area (Å²) < 4.78 is 5.25. The molecule has 1 heterocycles. The maximum atomic E-state index is 10.5. The minimum Gasteiger partial charge on any atom is -0.497 e. The molecule has 5 nitrogen and oxygen atoms in total. The van der Waals surface area contributed by atoms with E-state index in [-0.39, 0.29) is 0 Å². The average Bonchev–Trinajstić information content (AvgIpc) is 3.09. The lowest BCUT2D eigenvalue weighted by atomic mass is 10.1. The lowest BCUT2D eigenvalue weighted by Gasteiger charge is -2.02. The van der Waals surface area contributed by atoms with Crippen LogP contribution in [0.2, 0.25) is 0 Å². The van der Waals surface area contributed by atoms with E-state index in [0.717, 1.165) is 40.0 Å². The second kappa shape index (κ2) is 7.49. The molecule has 0 spiro atoms. The van der Waals surface area contributed by atoms with Gasteiger partial charge in [0.1, 0.15) is 11.6 Å². The molecule has 5 heteroatoms. The number of imidazole rings is 1. The zero-order chi connectivity index (χ0) is 17.6. The Morgan fingerprint density at radius 3 is 2.76 bits per heavy atom. The molecule has 25 heavy (non-hydrogen) atoms. The number of ether oxygens (including phenoxy) is 1. The molecule has 126 valence electrons. The summed E-state index contributed by atoms with van der Waals surface area (Å²) in [7, 11) is 1.65. The van der Waals surface area contributed by atoms with E-state index in [1.807, 2.05) is 54.7 Å². The molecule has 0 aliphatic carbocycles. The smallest absolute Gasteiger partial charge is 0.328 e. The SMILES string of the molecule is COc1cccc(-c2cnc(Cc3ccc(/C=C/C(=O)O)cc3)[nH]2)c1. The molecule has 0 saturated carbocycles. The summed E-state index contributed by atoms with van der Waals surface area (Å²) in [6.07, 6.45) is 5.18. The molecular formula is C20H18N2O3. The molecule has 0 saturated heterocycles. The van der Waals surface area contributed by atoms with Crippen LogP contribution >= 0.6 is 0 Å². The van der Waals surface area contributed by atoms with Gasteiger partial charge in [0.2, 0.25) is 0 Å². The highest BCUT2D eigenvalue weighted by molar-refractivity contribution is 5.85. The summed E-state index contributed by atoms with van der Waals surface area (Å²) in [5.74, 6) is 0.718. The number of carbonyl (C=O) groups is 1. The highest BCUT2D eigenvalue weighted by Gasteiger charge is 2.05. The summed E-state index contributed by atoms with van der Waals surface area (Å²) >= 11 is 0. The van der Waals surface area contributed by atoms with Gasteiger partial charge in [-0.15, -0.1) is 0 Å². The van der Waals surface area contributed by atoms with Gasteiger partial charge in [0, 0.05) is 18.1 Å². The van der Waals surface area contributed by atoms with Crippen LogP contribution in [0.15, 0.2) is 60.8 Å². The van der Waals surface area contributed by atoms with Gasteiger partial charge < -0.3 is 14.8 Å². The van der Waals surface area contributed by atoms with Crippen molar-refractivity contribution in [2.24, 2.45) is 0 Å². The largest absolute Gasteiger partial charge is 0.497 e. The monoisotopic (exact) mass is 334 g/mol. The molecule has 1 aromatic heterocycles. The van der Waals surface area contributed by atoms with E-state index >= 15 is 0 Å². The zero-order valence-corrected chi connectivity index (χ0v) is 13.8. The predicted molar refractivity (Wildman–Crippen MR) is 96.5 cm³/mol. The molecule has 2 aromatic carbocycles. The van der Waals surface area contributed by atoms with Gasteiger partial charge in [-0.25, -0.2) is 9.78 Å². The number of H-pyrrole nitrogens is 1. The molecule has 0 amide bonds. The molecule has 0 atom stereocenters. The van der Waals surface area contributed by atoms with Crippen LogP contribution in [0.5, 0.6) is 5.75 Å². The number of aromatic amines is 1. The lowest BCUT2D eigenvalue weighted by Crippen LogP contribution is -1.91. The van der Waals surface area contributed by atoms with Crippen molar-refractivity contribution in [1.82, 2.24) is 9.97 Å². The number of nitrogens with zero attached hydrogens (tertiary/aromatic N) is 1. The molecule has 0 bridgehead atoms. The Balaban J connectivity index is 1.71. The van der Waals surface area contributed by atoms with Gasteiger partial charge in [0.05, 0.1) is 19.0 Å². The van der Waals surface area contributed by atoms with Crippen LogP contribution in [0.25, 0.3) is 17.3 Å². The summed E-state index contributed by atoms with van der Waals surface area (Å²) in [6, 6.07) is 15.5. The number of rotatable bonds is 6. The molecule has 0 aliphatic rings. The minimum absolute atomic E-state index is 0.674. The van der Waals surface area contributed by atoms with E-state index in [4.69, 9.17) is 9.84 Å². The Morgan fingerprint density at radius 1 is 1.24 bits per heavy atom. The molecule has 3 rings (SSSR count). The first-order chi connectivity index (χ1) is 12.1. The van der Waals surface area contributed by atoms with Gasteiger partial charge in [-0.3, -0.25) is 0 Å². The summed E-state index contributed by atoms with van der Waals surface area (Å²) in [4.78, 5) is 18.3. The molecular weight excluding hydrogens is 316 g/mol. The molecule has 0 fully saturated rings. The van der Waals surface area contributed by atoms with Crippen molar-refractivity contribution in [1.29, 1.82) is 0 Å². The minimum atomic E-state index is -0.954. The van der Waals surface area contributed by atoms with Gasteiger partial charge in [0.25, 0.3) is 0 Å². The Kier molecular flexibility index (Phi) is 4.95. The lowest BCUT2D eigenvalue weighted by molar-refractivity contribution is -0.131. The molecule has 2 N–H and O–H groups in total. The first-order valence-electron chi connectivity index (χ1n) is 7.82. The Morgan fingerprint density at radius 2 is 2.04 bits per heavy atom. The number of hydrogen-bond acceptors (Lipinski definition) is 3. The highest BCUT2D eigenvalue weighted by Crippen LogP contribution is 2.22. The number of aliphatic carboxylic acids is 1.